The summed E-state index contributed by atoms with van der Waals surface area (Å²) < 4.78 is 0. The van der Waals surface area contributed by atoms with Gasteiger partial charge in [0, 0.05) is 20.1 Å². The number of rotatable bonds is 6. The van der Waals surface area contributed by atoms with Gasteiger partial charge in [0.05, 0.1) is 11.7 Å². The van der Waals surface area contributed by atoms with Crippen LogP contribution in [-0.4, -0.2) is 42.0 Å². The Balaban J connectivity index is 2.03. The van der Waals surface area contributed by atoms with Crippen LogP contribution in [0.3, 0.4) is 0 Å². The Hall–Kier alpha value is -1.62. The molecule has 1 saturated heterocycles. The summed E-state index contributed by atoms with van der Waals surface area (Å²) in [7, 11) is 1.71. The fourth-order valence-corrected chi connectivity index (χ4v) is 2.77. The highest BCUT2D eigenvalue weighted by Gasteiger charge is 2.28. The molecule has 1 atom stereocenters. The summed E-state index contributed by atoms with van der Waals surface area (Å²) in [5.41, 5.74) is 1.02. The molecule has 2 rings (SSSR count). The van der Waals surface area contributed by atoms with Crippen LogP contribution >= 0.6 is 0 Å². The van der Waals surface area contributed by atoms with Crippen molar-refractivity contribution >= 4 is 11.7 Å². The molecule has 2 heterocycles. The molecule has 1 fully saturated rings. The van der Waals surface area contributed by atoms with Crippen molar-refractivity contribution in [3.8, 4) is 0 Å². The van der Waals surface area contributed by atoms with Gasteiger partial charge in [0.15, 0.2) is 0 Å². The number of pyridine rings is 1. The zero-order chi connectivity index (χ0) is 15.1. The molecule has 1 aliphatic rings. The van der Waals surface area contributed by atoms with Crippen LogP contribution in [0.15, 0.2) is 18.2 Å². The van der Waals surface area contributed by atoms with E-state index in [0.717, 1.165) is 56.8 Å². The van der Waals surface area contributed by atoms with Gasteiger partial charge in [0.1, 0.15) is 5.82 Å². The van der Waals surface area contributed by atoms with Crippen LogP contribution < -0.4 is 10.6 Å². The maximum atomic E-state index is 12.0. The quantitative estimate of drug-likeness (QED) is 0.841. The number of likely N-dealkylation sites (tertiary alicyclic amines) is 1. The largest absolute Gasteiger partial charge is 0.370 e. The van der Waals surface area contributed by atoms with Crippen molar-refractivity contribution in [2.24, 2.45) is 0 Å². The van der Waals surface area contributed by atoms with Gasteiger partial charge in [-0.15, -0.1) is 0 Å². The first-order valence-electron chi connectivity index (χ1n) is 7.90. The first kappa shape index (κ1) is 15.8. The highest BCUT2D eigenvalue weighted by atomic mass is 16.2. The number of amides is 1. The van der Waals surface area contributed by atoms with Crippen molar-refractivity contribution in [1.29, 1.82) is 0 Å². The van der Waals surface area contributed by atoms with Gasteiger partial charge in [-0.2, -0.15) is 0 Å². The molecule has 0 aromatic carbocycles. The zero-order valence-electron chi connectivity index (χ0n) is 13.1. The lowest BCUT2D eigenvalue weighted by molar-refractivity contribution is -0.127. The van der Waals surface area contributed by atoms with Crippen molar-refractivity contribution in [2.75, 3.05) is 25.5 Å². The molecule has 1 aliphatic heterocycles. The predicted octanol–water partition coefficient (Wildman–Crippen LogP) is 2.00. The minimum Gasteiger partial charge on any atom is -0.370 e. The second-order valence-corrected chi connectivity index (χ2v) is 5.54. The first-order valence-corrected chi connectivity index (χ1v) is 7.90. The van der Waals surface area contributed by atoms with Crippen molar-refractivity contribution < 1.29 is 4.79 Å². The number of aromatic nitrogens is 1. The van der Waals surface area contributed by atoms with Crippen LogP contribution in [0.5, 0.6) is 0 Å². The van der Waals surface area contributed by atoms with E-state index in [4.69, 9.17) is 0 Å². The molecule has 1 aromatic heterocycles. The predicted molar refractivity (Wildman–Crippen MR) is 85.1 cm³/mol. The second-order valence-electron chi connectivity index (χ2n) is 5.54. The Labute approximate surface area is 127 Å². The maximum Gasteiger partial charge on any atom is 0.237 e. The van der Waals surface area contributed by atoms with E-state index in [1.165, 1.54) is 0 Å². The van der Waals surface area contributed by atoms with Gasteiger partial charge in [-0.05, 0) is 37.9 Å². The summed E-state index contributed by atoms with van der Waals surface area (Å²) >= 11 is 0. The zero-order valence-corrected chi connectivity index (χ0v) is 13.1. The SMILES string of the molecule is CCCNc1cccc(CN2CCCCC2C(=O)NC)n1. The van der Waals surface area contributed by atoms with Gasteiger partial charge in [0.25, 0.3) is 0 Å². The van der Waals surface area contributed by atoms with Crippen LogP contribution in [0.2, 0.25) is 0 Å². The Bertz CT molecular complexity index is 463. The molecule has 1 aromatic rings. The number of carbonyl (C=O) groups excluding carboxylic acids is 1. The third kappa shape index (κ3) is 4.43. The summed E-state index contributed by atoms with van der Waals surface area (Å²) in [4.78, 5) is 18.9. The van der Waals surface area contributed by atoms with Crippen molar-refractivity contribution in [3.63, 3.8) is 0 Å². The maximum absolute atomic E-state index is 12.0. The van der Waals surface area contributed by atoms with E-state index in [-0.39, 0.29) is 11.9 Å². The molecule has 116 valence electrons. The summed E-state index contributed by atoms with van der Waals surface area (Å²) in [5.74, 6) is 1.04. The molecule has 1 unspecified atom stereocenters. The molecule has 5 nitrogen and oxygen atoms in total. The van der Waals surface area contributed by atoms with E-state index >= 15 is 0 Å². The van der Waals surface area contributed by atoms with Gasteiger partial charge in [-0.1, -0.05) is 19.4 Å². The number of hydrogen-bond acceptors (Lipinski definition) is 4. The van der Waals surface area contributed by atoms with Gasteiger partial charge in [-0.25, -0.2) is 4.98 Å². The standard InChI is InChI=1S/C16H26N4O/c1-3-10-18-15-9-6-7-13(19-15)12-20-11-5-4-8-14(20)16(21)17-2/h6-7,9,14H,3-5,8,10-12H2,1-2H3,(H,17,21)(H,18,19). The second kappa shape index (κ2) is 7.98. The van der Waals surface area contributed by atoms with E-state index in [0.29, 0.717) is 0 Å². The molecule has 0 bridgehead atoms. The van der Waals surface area contributed by atoms with Crippen molar-refractivity contribution in [1.82, 2.24) is 15.2 Å². The van der Waals surface area contributed by atoms with E-state index in [2.05, 4.69) is 27.4 Å². The van der Waals surface area contributed by atoms with Crippen LogP contribution in [-0.2, 0) is 11.3 Å². The Morgan fingerprint density at radius 3 is 3.05 bits per heavy atom. The van der Waals surface area contributed by atoms with Gasteiger partial charge >= 0.3 is 0 Å². The Morgan fingerprint density at radius 1 is 1.43 bits per heavy atom. The number of anilines is 1. The lowest BCUT2D eigenvalue weighted by atomic mass is 10.0. The molecule has 0 spiro atoms. The number of likely N-dealkylation sites (N-methyl/N-ethyl adjacent to an activating group) is 1. The van der Waals surface area contributed by atoms with Crippen LogP contribution in [0, 0.1) is 0 Å². The molecule has 0 saturated carbocycles. The van der Waals surface area contributed by atoms with Crippen LogP contribution in [0.4, 0.5) is 5.82 Å². The number of nitrogens with one attached hydrogen (secondary N) is 2. The average Bonchev–Trinajstić information content (AvgIpc) is 2.53. The fourth-order valence-electron chi connectivity index (χ4n) is 2.77. The monoisotopic (exact) mass is 290 g/mol. The fraction of sp³-hybridized carbons (Fsp3) is 0.625. The molecule has 1 amide bonds. The van der Waals surface area contributed by atoms with E-state index in [9.17, 15) is 4.79 Å². The molecular formula is C16H26N4O. The lowest BCUT2D eigenvalue weighted by Gasteiger charge is -2.34. The van der Waals surface area contributed by atoms with E-state index in [1.807, 2.05) is 18.2 Å². The number of carbonyl (C=O) groups is 1. The van der Waals surface area contributed by atoms with Gasteiger partial charge < -0.3 is 10.6 Å². The highest BCUT2D eigenvalue weighted by molar-refractivity contribution is 5.81. The smallest absolute Gasteiger partial charge is 0.237 e. The topological polar surface area (TPSA) is 57.3 Å². The first-order chi connectivity index (χ1) is 10.2. The number of nitrogens with zero attached hydrogens (tertiary/aromatic N) is 2. The number of piperidine rings is 1. The summed E-state index contributed by atoms with van der Waals surface area (Å²) in [5, 5.41) is 6.08. The van der Waals surface area contributed by atoms with Gasteiger partial charge in [0.2, 0.25) is 5.91 Å². The summed E-state index contributed by atoms with van der Waals surface area (Å²) in [6.45, 7) is 4.77. The van der Waals surface area contributed by atoms with E-state index in [1.54, 1.807) is 7.05 Å². The average molecular weight is 290 g/mol. The lowest BCUT2D eigenvalue weighted by Crippen LogP contribution is -2.48. The number of hydrogen-bond donors (Lipinski definition) is 2. The Morgan fingerprint density at radius 2 is 2.29 bits per heavy atom. The molecule has 0 radical (unpaired) electrons. The molecule has 5 heteroatoms. The molecular weight excluding hydrogens is 264 g/mol. The van der Waals surface area contributed by atoms with Crippen molar-refractivity contribution in [2.45, 2.75) is 45.2 Å². The summed E-state index contributed by atoms with van der Waals surface area (Å²) in [6.07, 6.45) is 4.30. The molecule has 2 N–H and O–H groups in total. The van der Waals surface area contributed by atoms with Crippen LogP contribution in [0.1, 0.15) is 38.3 Å². The minimum absolute atomic E-state index is 0.0159. The third-order valence-corrected chi connectivity index (χ3v) is 3.89. The van der Waals surface area contributed by atoms with E-state index < -0.39 is 0 Å². The normalized spacial score (nSPS) is 19.2. The third-order valence-electron chi connectivity index (χ3n) is 3.89. The van der Waals surface area contributed by atoms with Crippen molar-refractivity contribution in [3.05, 3.63) is 23.9 Å². The highest BCUT2D eigenvalue weighted by Crippen LogP contribution is 2.19. The molecule has 0 aliphatic carbocycles. The minimum atomic E-state index is -0.0159. The van der Waals surface area contributed by atoms with Crippen LogP contribution in [0.25, 0.3) is 0 Å². The summed E-state index contributed by atoms with van der Waals surface area (Å²) in [6, 6.07) is 6.04. The Kier molecular flexibility index (Phi) is 5.99. The molecule has 21 heavy (non-hydrogen) atoms. The van der Waals surface area contributed by atoms with Gasteiger partial charge in [-0.3, -0.25) is 9.69 Å².